The fourth-order valence-electron chi connectivity index (χ4n) is 4.46. The zero-order valence-electron chi connectivity index (χ0n) is 19.1. The zero-order chi connectivity index (χ0) is 23.5. The van der Waals surface area contributed by atoms with Gasteiger partial charge in [-0.25, -0.2) is 0 Å². The summed E-state index contributed by atoms with van der Waals surface area (Å²) in [7, 11) is 1.60. The van der Waals surface area contributed by atoms with Gasteiger partial charge in [-0.1, -0.05) is 30.3 Å². The average molecular weight is 455 g/mol. The van der Waals surface area contributed by atoms with Gasteiger partial charge in [0.05, 0.1) is 31.0 Å². The van der Waals surface area contributed by atoms with Gasteiger partial charge in [0.15, 0.2) is 0 Å². The van der Waals surface area contributed by atoms with Gasteiger partial charge < -0.3 is 14.5 Å². The summed E-state index contributed by atoms with van der Waals surface area (Å²) in [6.07, 6.45) is 0. The van der Waals surface area contributed by atoms with E-state index in [0.717, 1.165) is 49.1 Å². The van der Waals surface area contributed by atoms with E-state index in [2.05, 4.69) is 21.2 Å². The quantitative estimate of drug-likeness (QED) is 0.470. The molecule has 3 aromatic carbocycles. The van der Waals surface area contributed by atoms with E-state index < -0.39 is 0 Å². The van der Waals surface area contributed by atoms with Gasteiger partial charge in [0.2, 0.25) is 5.91 Å². The third-order valence-electron chi connectivity index (χ3n) is 6.29. The van der Waals surface area contributed by atoms with E-state index in [9.17, 15) is 4.79 Å². The number of piperazine rings is 1. The second kappa shape index (κ2) is 9.56. The summed E-state index contributed by atoms with van der Waals surface area (Å²) in [6.45, 7) is 4.60. The maximum Gasteiger partial charge on any atom is 0.238 e. The molecule has 0 atom stereocenters. The third-order valence-corrected chi connectivity index (χ3v) is 6.29. The molecule has 1 fully saturated rings. The van der Waals surface area contributed by atoms with Crippen LogP contribution in [0.5, 0.6) is 5.75 Å². The molecule has 0 aliphatic carbocycles. The summed E-state index contributed by atoms with van der Waals surface area (Å²) < 4.78 is 11.5. The molecule has 34 heavy (non-hydrogen) atoms. The molecule has 0 bridgehead atoms. The molecular formula is C27H26N4O3. The predicted octanol–water partition coefficient (Wildman–Crippen LogP) is 4.22. The summed E-state index contributed by atoms with van der Waals surface area (Å²) >= 11 is 0. The number of nitriles is 1. The van der Waals surface area contributed by atoms with Crippen LogP contribution >= 0.6 is 0 Å². The highest BCUT2D eigenvalue weighted by atomic mass is 16.5. The molecule has 1 amide bonds. The van der Waals surface area contributed by atoms with Gasteiger partial charge in [-0.3, -0.25) is 14.6 Å². The minimum atomic E-state index is -0.0747. The summed E-state index contributed by atoms with van der Waals surface area (Å²) in [5.74, 6) is 0.536. The monoisotopic (exact) mass is 454 g/mol. The Hall–Kier alpha value is -3.86. The van der Waals surface area contributed by atoms with Crippen molar-refractivity contribution in [1.82, 2.24) is 9.80 Å². The molecular weight excluding hydrogens is 428 g/mol. The highest BCUT2D eigenvalue weighted by molar-refractivity contribution is 6.07. The molecule has 7 nitrogen and oxygen atoms in total. The van der Waals surface area contributed by atoms with Crippen molar-refractivity contribution in [3.63, 3.8) is 0 Å². The number of anilines is 1. The van der Waals surface area contributed by atoms with Crippen molar-refractivity contribution in [2.75, 3.05) is 45.2 Å². The van der Waals surface area contributed by atoms with Crippen LogP contribution in [0, 0.1) is 11.3 Å². The first-order valence-electron chi connectivity index (χ1n) is 11.4. The van der Waals surface area contributed by atoms with Crippen LogP contribution in [-0.2, 0) is 11.3 Å². The molecule has 1 aliphatic heterocycles. The molecule has 7 heteroatoms. The van der Waals surface area contributed by atoms with Crippen molar-refractivity contribution in [1.29, 1.82) is 5.26 Å². The number of rotatable bonds is 6. The lowest BCUT2D eigenvalue weighted by Gasteiger charge is -2.34. The number of nitrogens with zero attached hydrogens (tertiary/aromatic N) is 3. The van der Waals surface area contributed by atoms with Crippen LogP contribution in [0.3, 0.4) is 0 Å². The number of methoxy groups -OCH3 is 1. The number of hydrogen-bond donors (Lipinski definition) is 1. The molecule has 172 valence electrons. The Morgan fingerprint density at radius 1 is 1.00 bits per heavy atom. The first-order chi connectivity index (χ1) is 16.6. The molecule has 0 unspecified atom stereocenters. The van der Waals surface area contributed by atoms with Gasteiger partial charge in [-0.15, -0.1) is 0 Å². The number of carbonyl (C=O) groups excluding carboxylic acids is 1. The maximum absolute atomic E-state index is 12.8. The van der Waals surface area contributed by atoms with Gasteiger partial charge >= 0.3 is 0 Å². The van der Waals surface area contributed by atoms with E-state index in [4.69, 9.17) is 14.4 Å². The van der Waals surface area contributed by atoms with Crippen LogP contribution in [0.2, 0.25) is 0 Å². The maximum atomic E-state index is 12.8. The summed E-state index contributed by atoms with van der Waals surface area (Å²) in [6, 6.07) is 21.5. The SMILES string of the molecule is COc1cc2c(cc1NC(=O)CN1CCN(Cc3ccc(C#N)cc3)CC1)oc1ccccc12. The average Bonchev–Trinajstić information content (AvgIpc) is 3.22. The van der Waals surface area contributed by atoms with Crippen LogP contribution in [0.4, 0.5) is 5.69 Å². The first-order valence-corrected chi connectivity index (χ1v) is 11.4. The highest BCUT2D eigenvalue weighted by Gasteiger charge is 2.20. The van der Waals surface area contributed by atoms with Crippen molar-refractivity contribution in [2.24, 2.45) is 0 Å². The molecule has 1 N–H and O–H groups in total. The Bertz CT molecular complexity index is 1360. The highest BCUT2D eigenvalue weighted by Crippen LogP contribution is 2.36. The topological polar surface area (TPSA) is 81.7 Å². The van der Waals surface area contributed by atoms with Crippen molar-refractivity contribution in [3.8, 4) is 11.8 Å². The number of nitrogens with one attached hydrogen (secondary N) is 1. The normalized spacial score (nSPS) is 14.8. The summed E-state index contributed by atoms with van der Waals surface area (Å²) in [5.41, 5.74) is 4.00. The Balaban J connectivity index is 1.19. The number of benzene rings is 3. The van der Waals surface area contributed by atoms with E-state index in [1.807, 2.05) is 60.7 Å². The number of carbonyl (C=O) groups is 1. The second-order valence-corrected chi connectivity index (χ2v) is 8.56. The van der Waals surface area contributed by atoms with Gasteiger partial charge in [0, 0.05) is 49.6 Å². The number of fused-ring (bicyclic) bond motifs is 3. The van der Waals surface area contributed by atoms with Gasteiger partial charge in [0.25, 0.3) is 0 Å². The minimum Gasteiger partial charge on any atom is -0.495 e. The van der Waals surface area contributed by atoms with Crippen molar-refractivity contribution < 1.29 is 13.9 Å². The lowest BCUT2D eigenvalue weighted by Crippen LogP contribution is -2.48. The van der Waals surface area contributed by atoms with E-state index >= 15 is 0 Å². The molecule has 1 aliphatic rings. The fourth-order valence-corrected chi connectivity index (χ4v) is 4.46. The standard InChI is InChI=1S/C27H26N4O3/c1-33-26-14-22-21-4-2-3-5-24(21)34-25(22)15-23(26)29-27(32)18-31-12-10-30(11-13-31)17-20-8-6-19(16-28)7-9-20/h2-9,14-15H,10-13,17-18H2,1H3,(H,29,32). The summed E-state index contributed by atoms with van der Waals surface area (Å²) in [5, 5.41) is 13.9. The van der Waals surface area contributed by atoms with E-state index in [0.29, 0.717) is 29.1 Å². The fraction of sp³-hybridized carbons (Fsp3) is 0.259. The number of amides is 1. The molecule has 0 saturated carbocycles. The number of furan rings is 1. The van der Waals surface area contributed by atoms with Crippen LogP contribution in [0.1, 0.15) is 11.1 Å². The van der Waals surface area contributed by atoms with Crippen LogP contribution in [0.25, 0.3) is 21.9 Å². The zero-order valence-corrected chi connectivity index (χ0v) is 19.1. The molecule has 1 saturated heterocycles. The molecule has 0 spiro atoms. The second-order valence-electron chi connectivity index (χ2n) is 8.56. The van der Waals surface area contributed by atoms with Gasteiger partial charge in [0.1, 0.15) is 16.9 Å². The largest absolute Gasteiger partial charge is 0.495 e. The molecule has 5 rings (SSSR count). The molecule has 0 radical (unpaired) electrons. The Kier molecular flexibility index (Phi) is 6.17. The predicted molar refractivity (Wildman–Crippen MR) is 132 cm³/mol. The first kappa shape index (κ1) is 22.0. The Morgan fingerprint density at radius 2 is 1.74 bits per heavy atom. The lowest BCUT2D eigenvalue weighted by atomic mass is 10.1. The lowest BCUT2D eigenvalue weighted by molar-refractivity contribution is -0.117. The van der Waals surface area contributed by atoms with E-state index in [-0.39, 0.29) is 5.91 Å². The third kappa shape index (κ3) is 4.60. The smallest absolute Gasteiger partial charge is 0.238 e. The van der Waals surface area contributed by atoms with Crippen molar-refractivity contribution >= 4 is 33.5 Å². The van der Waals surface area contributed by atoms with E-state index in [1.165, 1.54) is 5.56 Å². The van der Waals surface area contributed by atoms with Crippen LogP contribution < -0.4 is 10.1 Å². The van der Waals surface area contributed by atoms with Crippen LogP contribution in [0.15, 0.2) is 65.1 Å². The van der Waals surface area contributed by atoms with Gasteiger partial charge in [-0.05, 0) is 29.8 Å². The van der Waals surface area contributed by atoms with Crippen molar-refractivity contribution in [2.45, 2.75) is 6.54 Å². The van der Waals surface area contributed by atoms with Crippen molar-refractivity contribution in [3.05, 3.63) is 71.8 Å². The minimum absolute atomic E-state index is 0.0747. The molecule has 4 aromatic rings. The Labute approximate surface area is 198 Å². The van der Waals surface area contributed by atoms with E-state index in [1.54, 1.807) is 7.11 Å². The summed E-state index contributed by atoms with van der Waals surface area (Å²) in [4.78, 5) is 17.3. The Morgan fingerprint density at radius 3 is 2.47 bits per heavy atom. The molecule has 1 aromatic heterocycles. The van der Waals surface area contributed by atoms with Crippen LogP contribution in [-0.4, -0.2) is 55.5 Å². The number of para-hydroxylation sites is 1. The molecule has 2 heterocycles. The number of ether oxygens (including phenoxy) is 1. The van der Waals surface area contributed by atoms with Gasteiger partial charge in [-0.2, -0.15) is 5.26 Å². The number of hydrogen-bond acceptors (Lipinski definition) is 6.